The van der Waals surface area contributed by atoms with Crippen molar-refractivity contribution >= 4 is 11.6 Å². The average Bonchev–Trinajstić information content (AvgIpc) is 2.39. The van der Waals surface area contributed by atoms with Gasteiger partial charge >= 0.3 is 0 Å². The molecular weight excluding hydrogens is 238 g/mol. The fraction of sp³-hybridized carbons (Fsp3) is 0.467. The molecule has 0 heterocycles. The van der Waals surface area contributed by atoms with Crippen LogP contribution in [0.25, 0.3) is 0 Å². The second-order valence-electron chi connectivity index (χ2n) is 5.41. The van der Waals surface area contributed by atoms with Gasteiger partial charge in [-0.1, -0.05) is 19.1 Å². The molecule has 3 N–H and O–H groups in total. The number of nitrogens with two attached hydrogens (primary N) is 1. The van der Waals surface area contributed by atoms with Crippen molar-refractivity contribution in [1.82, 2.24) is 0 Å². The summed E-state index contributed by atoms with van der Waals surface area (Å²) in [6, 6.07) is 9.62. The number of nitrogens with one attached hydrogen (secondary N) is 1. The van der Waals surface area contributed by atoms with Gasteiger partial charge in [-0.25, -0.2) is 0 Å². The molecular formula is C15H21N3O. The molecule has 0 aromatic heterocycles. The van der Waals surface area contributed by atoms with Crippen molar-refractivity contribution in [2.75, 3.05) is 11.9 Å². The summed E-state index contributed by atoms with van der Waals surface area (Å²) in [5.74, 6) is 0.141. The first kappa shape index (κ1) is 15.2. The first-order valence-corrected chi connectivity index (χ1v) is 6.40. The van der Waals surface area contributed by atoms with Gasteiger partial charge in [0, 0.05) is 12.1 Å². The maximum atomic E-state index is 11.7. The standard InChI is InChI=1S/C15H21N3O/c1-11(9-16)8-14(19)18-13-6-4-12(5-7-13)15(2,3)10-17/h4-7,11H,8-9,16H2,1-3H3,(H,18,19). The third-order valence-electron chi connectivity index (χ3n) is 3.11. The van der Waals surface area contributed by atoms with Crippen LogP contribution < -0.4 is 11.1 Å². The van der Waals surface area contributed by atoms with Gasteiger partial charge in [0.2, 0.25) is 5.91 Å². The molecule has 1 aromatic rings. The molecule has 0 aliphatic heterocycles. The van der Waals surface area contributed by atoms with E-state index in [2.05, 4.69) is 11.4 Å². The quantitative estimate of drug-likeness (QED) is 0.852. The largest absolute Gasteiger partial charge is 0.330 e. The molecule has 0 aliphatic carbocycles. The van der Waals surface area contributed by atoms with Crippen LogP contribution >= 0.6 is 0 Å². The number of rotatable bonds is 5. The van der Waals surface area contributed by atoms with Crippen LogP contribution in [0.3, 0.4) is 0 Å². The maximum Gasteiger partial charge on any atom is 0.224 e. The van der Waals surface area contributed by atoms with Crippen LogP contribution in [0.2, 0.25) is 0 Å². The highest BCUT2D eigenvalue weighted by Crippen LogP contribution is 2.23. The Kier molecular flexibility index (Phi) is 5.08. The van der Waals surface area contributed by atoms with Gasteiger partial charge in [0.1, 0.15) is 0 Å². The number of hydrogen-bond acceptors (Lipinski definition) is 3. The molecule has 4 heteroatoms. The average molecular weight is 259 g/mol. The zero-order valence-corrected chi connectivity index (χ0v) is 11.7. The lowest BCUT2D eigenvalue weighted by atomic mass is 9.86. The lowest BCUT2D eigenvalue weighted by molar-refractivity contribution is -0.116. The molecule has 1 unspecified atom stereocenters. The number of nitriles is 1. The van der Waals surface area contributed by atoms with Crippen LogP contribution in [0.15, 0.2) is 24.3 Å². The van der Waals surface area contributed by atoms with Gasteiger partial charge < -0.3 is 11.1 Å². The molecule has 1 amide bonds. The number of amides is 1. The van der Waals surface area contributed by atoms with Gasteiger partial charge in [0.25, 0.3) is 0 Å². The van der Waals surface area contributed by atoms with Crippen LogP contribution in [-0.4, -0.2) is 12.5 Å². The molecule has 0 spiro atoms. The summed E-state index contributed by atoms with van der Waals surface area (Å²) in [7, 11) is 0. The van der Waals surface area contributed by atoms with Crippen molar-refractivity contribution in [2.45, 2.75) is 32.6 Å². The van der Waals surface area contributed by atoms with Gasteiger partial charge in [0.15, 0.2) is 0 Å². The fourth-order valence-corrected chi connectivity index (χ4v) is 1.65. The number of hydrogen-bond donors (Lipinski definition) is 2. The van der Waals surface area contributed by atoms with E-state index in [0.29, 0.717) is 13.0 Å². The van der Waals surface area contributed by atoms with E-state index in [0.717, 1.165) is 11.3 Å². The SMILES string of the molecule is CC(CN)CC(=O)Nc1ccc(C(C)(C)C#N)cc1. The normalized spacial score (nSPS) is 12.6. The second-order valence-corrected chi connectivity index (χ2v) is 5.41. The Labute approximate surface area is 114 Å². The summed E-state index contributed by atoms with van der Waals surface area (Å²) in [6.07, 6.45) is 0.419. The molecule has 0 saturated carbocycles. The molecule has 1 rings (SSSR count). The summed E-state index contributed by atoms with van der Waals surface area (Å²) in [6.45, 7) is 6.17. The van der Waals surface area contributed by atoms with Crippen molar-refractivity contribution in [3.8, 4) is 6.07 Å². The van der Waals surface area contributed by atoms with E-state index in [9.17, 15) is 4.79 Å². The fourth-order valence-electron chi connectivity index (χ4n) is 1.65. The van der Waals surface area contributed by atoms with Crippen molar-refractivity contribution in [1.29, 1.82) is 5.26 Å². The molecule has 1 aromatic carbocycles. The van der Waals surface area contributed by atoms with Gasteiger partial charge in [-0.05, 0) is 44.0 Å². The highest BCUT2D eigenvalue weighted by molar-refractivity contribution is 5.90. The monoisotopic (exact) mass is 259 g/mol. The second kappa shape index (κ2) is 6.35. The van der Waals surface area contributed by atoms with E-state index in [1.165, 1.54) is 0 Å². The maximum absolute atomic E-state index is 11.7. The predicted molar refractivity (Wildman–Crippen MR) is 76.5 cm³/mol. The number of carbonyl (C=O) groups is 1. The van der Waals surface area contributed by atoms with E-state index >= 15 is 0 Å². The molecule has 0 fully saturated rings. The zero-order valence-electron chi connectivity index (χ0n) is 11.7. The lowest BCUT2D eigenvalue weighted by Crippen LogP contribution is -2.20. The zero-order chi connectivity index (χ0) is 14.5. The highest BCUT2D eigenvalue weighted by atomic mass is 16.1. The minimum Gasteiger partial charge on any atom is -0.330 e. The van der Waals surface area contributed by atoms with Crippen molar-refractivity contribution in [3.05, 3.63) is 29.8 Å². The van der Waals surface area contributed by atoms with Gasteiger partial charge in [-0.3, -0.25) is 4.79 Å². The minimum atomic E-state index is -0.517. The number of nitrogens with zero attached hydrogens (tertiary/aromatic N) is 1. The molecule has 0 bridgehead atoms. The van der Waals surface area contributed by atoms with Gasteiger partial charge in [-0.15, -0.1) is 0 Å². The van der Waals surface area contributed by atoms with E-state index < -0.39 is 5.41 Å². The third kappa shape index (κ3) is 4.38. The van der Waals surface area contributed by atoms with E-state index in [4.69, 9.17) is 11.0 Å². The Balaban J connectivity index is 2.68. The van der Waals surface area contributed by atoms with Crippen molar-refractivity contribution in [2.24, 2.45) is 11.7 Å². The molecule has 1 atom stereocenters. The van der Waals surface area contributed by atoms with E-state index in [-0.39, 0.29) is 11.8 Å². The van der Waals surface area contributed by atoms with Crippen LogP contribution in [0.4, 0.5) is 5.69 Å². The Morgan fingerprint density at radius 1 is 1.42 bits per heavy atom. The summed E-state index contributed by atoms with van der Waals surface area (Å²) >= 11 is 0. The highest BCUT2D eigenvalue weighted by Gasteiger charge is 2.19. The summed E-state index contributed by atoms with van der Waals surface area (Å²) in [5.41, 5.74) is 6.64. The Bertz CT molecular complexity index is 471. The molecule has 0 saturated heterocycles. The number of benzene rings is 1. The van der Waals surface area contributed by atoms with Crippen molar-refractivity contribution in [3.63, 3.8) is 0 Å². The number of carbonyl (C=O) groups excluding carboxylic acids is 1. The predicted octanol–water partition coefficient (Wildman–Crippen LogP) is 2.41. The topological polar surface area (TPSA) is 78.9 Å². The molecule has 0 radical (unpaired) electrons. The van der Waals surface area contributed by atoms with E-state index in [1.807, 2.05) is 45.0 Å². The molecule has 0 aliphatic rings. The first-order valence-electron chi connectivity index (χ1n) is 6.40. The molecule has 102 valence electrons. The summed E-state index contributed by atoms with van der Waals surface area (Å²) in [5, 5.41) is 11.9. The van der Waals surface area contributed by atoms with Crippen LogP contribution in [-0.2, 0) is 10.2 Å². The minimum absolute atomic E-state index is 0.0368. The third-order valence-corrected chi connectivity index (χ3v) is 3.11. The Hall–Kier alpha value is -1.86. The lowest BCUT2D eigenvalue weighted by Gasteiger charge is -2.16. The van der Waals surface area contributed by atoms with Gasteiger partial charge in [-0.2, -0.15) is 5.26 Å². The summed E-state index contributed by atoms with van der Waals surface area (Å²) < 4.78 is 0. The van der Waals surface area contributed by atoms with E-state index in [1.54, 1.807) is 0 Å². The summed E-state index contributed by atoms with van der Waals surface area (Å²) in [4.78, 5) is 11.7. The van der Waals surface area contributed by atoms with Crippen molar-refractivity contribution < 1.29 is 4.79 Å². The first-order chi connectivity index (χ1) is 8.89. The van der Waals surface area contributed by atoms with Gasteiger partial charge in [0.05, 0.1) is 11.5 Å². The molecule has 19 heavy (non-hydrogen) atoms. The smallest absolute Gasteiger partial charge is 0.224 e. The van der Waals surface area contributed by atoms with Crippen LogP contribution in [0.5, 0.6) is 0 Å². The van der Waals surface area contributed by atoms with Crippen LogP contribution in [0.1, 0.15) is 32.8 Å². The van der Waals surface area contributed by atoms with Crippen LogP contribution in [0, 0.1) is 17.2 Å². The molecule has 4 nitrogen and oxygen atoms in total. The Morgan fingerprint density at radius 3 is 2.47 bits per heavy atom. The Morgan fingerprint density at radius 2 is 2.00 bits per heavy atom. The number of anilines is 1.